The van der Waals surface area contributed by atoms with E-state index in [4.69, 9.17) is 17.3 Å². The van der Waals surface area contributed by atoms with Gasteiger partial charge < -0.3 is 16.0 Å². The summed E-state index contributed by atoms with van der Waals surface area (Å²) in [5, 5.41) is 3.90. The van der Waals surface area contributed by atoms with Gasteiger partial charge in [0.15, 0.2) is 0 Å². The fourth-order valence-corrected chi connectivity index (χ4v) is 2.85. The molecule has 19 heavy (non-hydrogen) atoms. The van der Waals surface area contributed by atoms with Crippen molar-refractivity contribution in [1.29, 1.82) is 0 Å². The van der Waals surface area contributed by atoms with E-state index in [9.17, 15) is 4.79 Å². The molecule has 0 spiro atoms. The Balaban J connectivity index is 2.16. The second kappa shape index (κ2) is 6.26. The third kappa shape index (κ3) is 3.39. The highest BCUT2D eigenvalue weighted by Crippen LogP contribution is 2.27. The average Bonchev–Trinajstić information content (AvgIpc) is 2.39. The van der Waals surface area contributed by atoms with Crippen LogP contribution in [0.15, 0.2) is 18.2 Å². The van der Waals surface area contributed by atoms with Crippen LogP contribution in [0.4, 0.5) is 5.69 Å². The molecule has 3 N–H and O–H groups in total. The Kier molecular flexibility index (Phi) is 4.66. The topological polar surface area (TPSA) is 58.4 Å². The maximum atomic E-state index is 11.5. The molecule has 1 aliphatic heterocycles. The quantitative estimate of drug-likeness (QED) is 0.888. The number of carbonyl (C=O) groups is 1. The zero-order chi connectivity index (χ0) is 13.8. The minimum absolute atomic E-state index is 0.405. The number of nitrogens with one attached hydrogen (secondary N) is 1. The summed E-state index contributed by atoms with van der Waals surface area (Å²) in [5.41, 5.74) is 6.62. The summed E-state index contributed by atoms with van der Waals surface area (Å²) < 4.78 is 0. The van der Waals surface area contributed by atoms with Crippen molar-refractivity contribution in [3.63, 3.8) is 0 Å². The normalized spacial score (nSPS) is 19.2. The molecule has 0 aromatic heterocycles. The highest BCUT2D eigenvalue weighted by Gasteiger charge is 2.19. The lowest BCUT2D eigenvalue weighted by atomic mass is 10.0. The molecule has 4 nitrogen and oxygen atoms in total. The number of nitrogens with zero attached hydrogens (tertiary/aromatic N) is 1. The Labute approximate surface area is 118 Å². The van der Waals surface area contributed by atoms with Crippen molar-refractivity contribution in [2.75, 3.05) is 25.0 Å². The molecule has 1 atom stereocenters. The monoisotopic (exact) mass is 281 g/mol. The Morgan fingerprint density at radius 2 is 2.32 bits per heavy atom. The zero-order valence-corrected chi connectivity index (χ0v) is 11.9. The largest absolute Gasteiger partial charge is 0.372 e. The number of rotatable bonds is 4. The van der Waals surface area contributed by atoms with E-state index in [2.05, 4.69) is 10.2 Å². The van der Waals surface area contributed by atoms with Gasteiger partial charge >= 0.3 is 0 Å². The van der Waals surface area contributed by atoms with Crippen molar-refractivity contribution in [2.45, 2.75) is 25.3 Å². The third-order valence-corrected chi connectivity index (χ3v) is 3.87. The van der Waals surface area contributed by atoms with Crippen molar-refractivity contribution in [3.8, 4) is 0 Å². The molecule has 2 rings (SSSR count). The number of hydrogen-bond donors (Lipinski definition) is 2. The van der Waals surface area contributed by atoms with Crippen LogP contribution in [0.25, 0.3) is 0 Å². The number of carbonyl (C=O) groups excluding carboxylic acids is 1. The summed E-state index contributed by atoms with van der Waals surface area (Å²) in [6, 6.07) is 5.88. The van der Waals surface area contributed by atoms with Gasteiger partial charge in [-0.05, 0) is 31.5 Å². The van der Waals surface area contributed by atoms with E-state index in [-0.39, 0.29) is 0 Å². The number of nitrogens with two attached hydrogens (primary N) is 1. The predicted octanol–water partition coefficient (Wildman–Crippen LogP) is 2.02. The van der Waals surface area contributed by atoms with Crippen LogP contribution < -0.4 is 16.0 Å². The smallest absolute Gasteiger partial charge is 0.252 e. The lowest BCUT2D eigenvalue weighted by molar-refractivity contribution is 0.100. The van der Waals surface area contributed by atoms with Crippen LogP contribution in [-0.2, 0) is 0 Å². The zero-order valence-electron chi connectivity index (χ0n) is 11.2. The molecule has 0 bridgehead atoms. The summed E-state index contributed by atoms with van der Waals surface area (Å²) in [4.78, 5) is 13.6. The van der Waals surface area contributed by atoms with Gasteiger partial charge in [-0.2, -0.15) is 0 Å². The van der Waals surface area contributed by atoms with Crippen molar-refractivity contribution in [1.82, 2.24) is 5.32 Å². The molecule has 0 aliphatic carbocycles. The number of piperidine rings is 1. The number of halogens is 1. The predicted molar refractivity (Wildman–Crippen MR) is 78.9 cm³/mol. The van der Waals surface area contributed by atoms with Crippen LogP contribution in [-0.4, -0.2) is 32.1 Å². The summed E-state index contributed by atoms with van der Waals surface area (Å²) in [7, 11) is 1.97. The Hall–Kier alpha value is -1.26. The molecule has 1 aromatic rings. The fraction of sp³-hybridized carbons (Fsp3) is 0.500. The van der Waals surface area contributed by atoms with Gasteiger partial charge in [0.05, 0.1) is 16.3 Å². The molecule has 1 heterocycles. The molecule has 0 saturated carbocycles. The van der Waals surface area contributed by atoms with E-state index in [1.54, 1.807) is 6.07 Å². The van der Waals surface area contributed by atoms with E-state index >= 15 is 0 Å². The standard InChI is InChI=1S/C14H20ClN3O/c1-18(9-10-5-2-3-8-17-10)12-7-4-6-11(15)13(12)14(16)19/h4,6-7,10,17H,2-3,5,8-9H2,1H3,(H2,16,19). The second-order valence-electron chi connectivity index (χ2n) is 5.03. The molecule has 1 saturated heterocycles. The van der Waals surface area contributed by atoms with E-state index in [1.165, 1.54) is 12.8 Å². The molecule has 1 unspecified atom stereocenters. The molecule has 1 amide bonds. The number of benzene rings is 1. The minimum Gasteiger partial charge on any atom is -0.372 e. The molecule has 104 valence electrons. The number of amides is 1. The molecule has 1 aliphatic rings. The second-order valence-corrected chi connectivity index (χ2v) is 5.43. The van der Waals surface area contributed by atoms with Gasteiger partial charge in [0.25, 0.3) is 5.91 Å². The Bertz CT molecular complexity index is 458. The fourth-order valence-electron chi connectivity index (χ4n) is 2.58. The first-order valence-electron chi connectivity index (χ1n) is 6.62. The van der Waals surface area contributed by atoms with Gasteiger partial charge in [-0.25, -0.2) is 0 Å². The van der Waals surface area contributed by atoms with E-state index < -0.39 is 5.91 Å². The molecular weight excluding hydrogens is 262 g/mol. The third-order valence-electron chi connectivity index (χ3n) is 3.56. The van der Waals surface area contributed by atoms with Crippen LogP contribution in [0.1, 0.15) is 29.6 Å². The number of anilines is 1. The highest BCUT2D eigenvalue weighted by molar-refractivity contribution is 6.34. The van der Waals surface area contributed by atoms with E-state index in [0.717, 1.165) is 25.2 Å². The van der Waals surface area contributed by atoms with Crippen LogP contribution in [0.5, 0.6) is 0 Å². The van der Waals surface area contributed by atoms with Crippen molar-refractivity contribution in [2.24, 2.45) is 5.73 Å². The molecule has 0 radical (unpaired) electrons. The number of hydrogen-bond acceptors (Lipinski definition) is 3. The maximum absolute atomic E-state index is 11.5. The van der Waals surface area contributed by atoms with Crippen molar-refractivity contribution < 1.29 is 4.79 Å². The van der Waals surface area contributed by atoms with Gasteiger partial charge in [-0.1, -0.05) is 24.1 Å². The van der Waals surface area contributed by atoms with Gasteiger partial charge in [0.1, 0.15) is 0 Å². The molecule has 1 fully saturated rings. The van der Waals surface area contributed by atoms with Crippen molar-refractivity contribution in [3.05, 3.63) is 28.8 Å². The number of primary amides is 1. The summed E-state index contributed by atoms with van der Waals surface area (Å²) >= 11 is 6.07. The average molecular weight is 282 g/mol. The van der Waals surface area contributed by atoms with Crippen LogP contribution in [0.2, 0.25) is 5.02 Å². The first-order chi connectivity index (χ1) is 9.09. The lowest BCUT2D eigenvalue weighted by Crippen LogP contribution is -2.42. The SMILES string of the molecule is CN(CC1CCCCN1)c1cccc(Cl)c1C(N)=O. The Morgan fingerprint density at radius 3 is 2.95 bits per heavy atom. The van der Waals surface area contributed by atoms with Gasteiger partial charge in [0, 0.05) is 19.6 Å². The lowest BCUT2D eigenvalue weighted by Gasteiger charge is -2.30. The van der Waals surface area contributed by atoms with Gasteiger partial charge in [-0.15, -0.1) is 0 Å². The highest BCUT2D eigenvalue weighted by atomic mass is 35.5. The van der Waals surface area contributed by atoms with E-state index in [0.29, 0.717) is 16.6 Å². The van der Waals surface area contributed by atoms with Crippen LogP contribution in [0, 0.1) is 0 Å². The Morgan fingerprint density at radius 1 is 1.53 bits per heavy atom. The van der Waals surface area contributed by atoms with E-state index in [1.807, 2.05) is 19.2 Å². The summed E-state index contributed by atoms with van der Waals surface area (Å²) in [6.45, 7) is 1.91. The minimum atomic E-state index is -0.482. The van der Waals surface area contributed by atoms with Gasteiger partial charge in [-0.3, -0.25) is 4.79 Å². The summed E-state index contributed by atoms with van der Waals surface area (Å²) in [6.07, 6.45) is 3.66. The van der Waals surface area contributed by atoms with Crippen molar-refractivity contribution >= 4 is 23.2 Å². The number of likely N-dealkylation sites (N-methyl/N-ethyl adjacent to an activating group) is 1. The first kappa shape index (κ1) is 14.2. The maximum Gasteiger partial charge on any atom is 0.252 e. The van der Waals surface area contributed by atoms with Gasteiger partial charge in [0.2, 0.25) is 0 Å². The molecule has 5 heteroatoms. The van der Waals surface area contributed by atoms with Crippen LogP contribution in [0.3, 0.4) is 0 Å². The summed E-state index contributed by atoms with van der Waals surface area (Å²) in [5.74, 6) is -0.482. The molecule has 1 aromatic carbocycles. The molecular formula is C14H20ClN3O. The van der Waals surface area contributed by atoms with Crippen LogP contribution >= 0.6 is 11.6 Å². The first-order valence-corrected chi connectivity index (χ1v) is 7.00.